The van der Waals surface area contributed by atoms with Crippen LogP contribution in [0.3, 0.4) is 0 Å². The van der Waals surface area contributed by atoms with Crippen molar-refractivity contribution in [2.24, 2.45) is 16.9 Å². The van der Waals surface area contributed by atoms with Gasteiger partial charge < -0.3 is 26.4 Å². The molecular formula is C25H31ClN4O4. The number of aryl methyl sites for hydroxylation is 1. The topological polar surface area (TPSA) is 128 Å². The van der Waals surface area contributed by atoms with Crippen molar-refractivity contribution in [3.63, 3.8) is 0 Å². The lowest BCUT2D eigenvalue weighted by Gasteiger charge is -2.40. The molecule has 3 rings (SSSR count). The van der Waals surface area contributed by atoms with Crippen LogP contribution in [0, 0.1) is 5.41 Å². The van der Waals surface area contributed by atoms with E-state index in [0.717, 1.165) is 17.5 Å². The minimum Gasteiger partial charge on any atom is -0.492 e. The molecule has 9 heteroatoms. The van der Waals surface area contributed by atoms with Crippen molar-refractivity contribution in [1.29, 1.82) is 0 Å². The molecule has 2 aromatic carbocycles. The molecule has 0 bridgehead atoms. The molecule has 1 fully saturated rings. The van der Waals surface area contributed by atoms with Gasteiger partial charge in [0.05, 0.1) is 17.5 Å². The van der Waals surface area contributed by atoms with Gasteiger partial charge in [0, 0.05) is 24.7 Å². The molecule has 5 N–H and O–H groups in total. The zero-order chi connectivity index (χ0) is 24.7. The van der Waals surface area contributed by atoms with Gasteiger partial charge in [0.25, 0.3) is 5.91 Å². The number of rotatable bonds is 9. The second-order valence-corrected chi connectivity index (χ2v) is 8.95. The number of carbonyl (C=O) groups excluding carboxylic acids is 3. The van der Waals surface area contributed by atoms with Gasteiger partial charge in [-0.15, -0.1) is 0 Å². The normalized spacial score (nSPS) is 15.0. The molecule has 0 spiro atoms. The number of halogens is 1. The summed E-state index contributed by atoms with van der Waals surface area (Å²) in [5.74, 6) is -0.559. The number of hydrogen-bond donors (Lipinski definition) is 3. The zero-order valence-corrected chi connectivity index (χ0v) is 20.1. The Bertz CT molecular complexity index is 1030. The van der Waals surface area contributed by atoms with Crippen molar-refractivity contribution in [3.8, 4) is 5.75 Å². The highest BCUT2D eigenvalue weighted by Crippen LogP contribution is 2.34. The molecule has 0 unspecified atom stereocenters. The number of primary amides is 1. The van der Waals surface area contributed by atoms with Crippen LogP contribution in [0.2, 0.25) is 5.02 Å². The molecule has 3 amide bonds. The number of benzene rings is 2. The predicted octanol–water partition coefficient (Wildman–Crippen LogP) is 2.26. The standard InChI is InChI=1S/C25H31ClN4O4/c1-2-17-5-8-20(23(28)32)21(13-17)34-16-25(9-11-30(12-10-25)22(31)14-27)24(33)29-15-18-3-6-19(26)7-4-18/h3-8,13H,2,9-12,14-16,27H2,1H3,(H2,28,32)(H,29,33). The summed E-state index contributed by atoms with van der Waals surface area (Å²) in [6, 6.07) is 12.5. The molecule has 34 heavy (non-hydrogen) atoms. The van der Waals surface area contributed by atoms with Crippen molar-refractivity contribution in [2.45, 2.75) is 32.7 Å². The van der Waals surface area contributed by atoms with Gasteiger partial charge in [-0.1, -0.05) is 36.7 Å². The van der Waals surface area contributed by atoms with Crippen LogP contribution >= 0.6 is 11.6 Å². The minimum atomic E-state index is -0.880. The van der Waals surface area contributed by atoms with Crippen molar-refractivity contribution < 1.29 is 19.1 Å². The summed E-state index contributed by atoms with van der Waals surface area (Å²) in [6.45, 7) is 3.10. The molecule has 0 radical (unpaired) electrons. The van der Waals surface area contributed by atoms with E-state index < -0.39 is 11.3 Å². The Labute approximate surface area is 204 Å². The lowest BCUT2D eigenvalue weighted by Crippen LogP contribution is -2.53. The first-order valence-electron chi connectivity index (χ1n) is 11.3. The summed E-state index contributed by atoms with van der Waals surface area (Å²) in [5.41, 5.74) is 12.3. The van der Waals surface area contributed by atoms with Crippen LogP contribution in [0.25, 0.3) is 0 Å². The maximum atomic E-state index is 13.4. The molecule has 0 aliphatic carbocycles. The van der Waals surface area contributed by atoms with Crippen molar-refractivity contribution in [2.75, 3.05) is 26.2 Å². The molecule has 1 aliphatic rings. The largest absolute Gasteiger partial charge is 0.492 e. The quantitative estimate of drug-likeness (QED) is 0.501. The van der Waals surface area contributed by atoms with Crippen molar-refractivity contribution in [1.82, 2.24) is 10.2 Å². The molecular weight excluding hydrogens is 456 g/mol. The van der Waals surface area contributed by atoms with E-state index >= 15 is 0 Å². The summed E-state index contributed by atoms with van der Waals surface area (Å²) in [4.78, 5) is 39.1. The van der Waals surface area contributed by atoms with Gasteiger partial charge in [-0.3, -0.25) is 14.4 Å². The molecule has 1 saturated heterocycles. The zero-order valence-electron chi connectivity index (χ0n) is 19.3. The first-order valence-corrected chi connectivity index (χ1v) is 11.7. The van der Waals surface area contributed by atoms with E-state index in [0.29, 0.717) is 43.2 Å². The Morgan fingerprint density at radius 1 is 1.09 bits per heavy atom. The van der Waals surface area contributed by atoms with E-state index in [1.54, 1.807) is 29.2 Å². The number of likely N-dealkylation sites (tertiary alicyclic amines) is 1. The van der Waals surface area contributed by atoms with Gasteiger partial charge in [-0.25, -0.2) is 0 Å². The maximum absolute atomic E-state index is 13.4. The molecule has 0 atom stereocenters. The fourth-order valence-electron chi connectivity index (χ4n) is 4.05. The number of nitrogens with zero attached hydrogens (tertiary/aromatic N) is 1. The monoisotopic (exact) mass is 486 g/mol. The third-order valence-electron chi connectivity index (χ3n) is 6.32. The summed E-state index contributed by atoms with van der Waals surface area (Å²) < 4.78 is 6.09. The SMILES string of the molecule is CCc1ccc(C(N)=O)c(OCC2(C(=O)NCc3ccc(Cl)cc3)CCN(C(=O)CN)CC2)c1. The Morgan fingerprint density at radius 3 is 2.32 bits per heavy atom. The van der Waals surface area contributed by atoms with Gasteiger partial charge >= 0.3 is 0 Å². The number of carbonyl (C=O) groups is 3. The van der Waals surface area contributed by atoms with Gasteiger partial charge in [0.15, 0.2) is 0 Å². The predicted molar refractivity (Wildman–Crippen MR) is 130 cm³/mol. The Kier molecular flexibility index (Phi) is 8.52. The van der Waals surface area contributed by atoms with Crippen LogP contribution in [0.1, 0.15) is 41.3 Å². The average molecular weight is 487 g/mol. The summed E-state index contributed by atoms with van der Waals surface area (Å²) in [7, 11) is 0. The van der Waals surface area contributed by atoms with Crippen molar-refractivity contribution >= 4 is 29.3 Å². The van der Waals surface area contributed by atoms with Gasteiger partial charge in [-0.05, 0) is 54.7 Å². The molecule has 0 saturated carbocycles. The van der Waals surface area contributed by atoms with E-state index in [9.17, 15) is 14.4 Å². The molecule has 1 aliphatic heterocycles. The summed E-state index contributed by atoms with van der Waals surface area (Å²) >= 11 is 5.95. The maximum Gasteiger partial charge on any atom is 0.252 e. The minimum absolute atomic E-state index is 0.0531. The van der Waals surface area contributed by atoms with Crippen LogP contribution in [-0.2, 0) is 22.6 Å². The second-order valence-electron chi connectivity index (χ2n) is 8.51. The number of hydrogen-bond acceptors (Lipinski definition) is 5. The van der Waals surface area contributed by atoms with E-state index in [-0.39, 0.29) is 30.5 Å². The Balaban J connectivity index is 1.79. The van der Waals surface area contributed by atoms with Crippen LogP contribution in [0.5, 0.6) is 5.75 Å². The first-order chi connectivity index (χ1) is 16.3. The van der Waals surface area contributed by atoms with Gasteiger partial charge in [-0.2, -0.15) is 0 Å². The molecule has 0 aromatic heterocycles. The number of piperidine rings is 1. The van der Waals surface area contributed by atoms with Crippen LogP contribution in [-0.4, -0.2) is 48.9 Å². The van der Waals surface area contributed by atoms with Crippen LogP contribution in [0.4, 0.5) is 0 Å². The molecule has 182 valence electrons. The first kappa shape index (κ1) is 25.5. The highest BCUT2D eigenvalue weighted by atomic mass is 35.5. The molecule has 1 heterocycles. The van der Waals surface area contributed by atoms with Crippen LogP contribution < -0.4 is 21.5 Å². The number of nitrogens with one attached hydrogen (secondary N) is 1. The lowest BCUT2D eigenvalue weighted by molar-refractivity contribution is -0.141. The second kappa shape index (κ2) is 11.4. The third kappa shape index (κ3) is 6.07. The number of ether oxygens (including phenoxy) is 1. The van der Waals surface area contributed by atoms with E-state index in [1.165, 1.54) is 0 Å². The average Bonchev–Trinajstić information content (AvgIpc) is 2.86. The highest BCUT2D eigenvalue weighted by molar-refractivity contribution is 6.30. The fourth-order valence-corrected chi connectivity index (χ4v) is 4.17. The lowest BCUT2D eigenvalue weighted by atomic mass is 9.78. The van der Waals surface area contributed by atoms with E-state index in [4.69, 9.17) is 27.8 Å². The van der Waals surface area contributed by atoms with Crippen LogP contribution in [0.15, 0.2) is 42.5 Å². The third-order valence-corrected chi connectivity index (χ3v) is 6.57. The highest BCUT2D eigenvalue weighted by Gasteiger charge is 2.43. The van der Waals surface area contributed by atoms with E-state index in [2.05, 4.69) is 5.32 Å². The summed E-state index contributed by atoms with van der Waals surface area (Å²) in [5, 5.41) is 3.62. The van der Waals surface area contributed by atoms with Crippen molar-refractivity contribution in [3.05, 3.63) is 64.2 Å². The Hall–Kier alpha value is -3.10. The van der Waals surface area contributed by atoms with Gasteiger partial charge in [0.2, 0.25) is 11.8 Å². The summed E-state index contributed by atoms with van der Waals surface area (Å²) in [6.07, 6.45) is 1.58. The number of amides is 3. The Morgan fingerprint density at radius 2 is 1.74 bits per heavy atom. The molecule has 2 aromatic rings. The smallest absolute Gasteiger partial charge is 0.252 e. The fraction of sp³-hybridized carbons (Fsp3) is 0.400. The number of nitrogens with two attached hydrogens (primary N) is 2. The van der Waals surface area contributed by atoms with Gasteiger partial charge in [0.1, 0.15) is 12.4 Å². The van der Waals surface area contributed by atoms with E-state index in [1.807, 2.05) is 25.1 Å². The molecule has 8 nitrogen and oxygen atoms in total.